The van der Waals surface area contributed by atoms with Gasteiger partial charge in [0.05, 0.1) is 6.61 Å². The normalized spacial score (nSPS) is 23.0. The van der Waals surface area contributed by atoms with Gasteiger partial charge in [0.1, 0.15) is 0 Å². The van der Waals surface area contributed by atoms with E-state index in [0.29, 0.717) is 19.6 Å². The third-order valence-corrected chi connectivity index (χ3v) is 4.26. The monoisotopic (exact) mass is 250 g/mol. The molecular formula is C9H18N2O4S. The first kappa shape index (κ1) is 13.4. The topological polar surface area (TPSA) is 75.7 Å². The number of hydrogen-bond donors (Lipinski definition) is 1. The smallest absolute Gasteiger partial charge is 0.322 e. The molecule has 1 rings (SSSR count). The van der Waals surface area contributed by atoms with Crippen LogP contribution in [0.3, 0.4) is 0 Å². The van der Waals surface area contributed by atoms with E-state index in [4.69, 9.17) is 0 Å². The van der Waals surface area contributed by atoms with Gasteiger partial charge in [0, 0.05) is 25.7 Å². The van der Waals surface area contributed by atoms with Crippen LogP contribution in [-0.4, -0.2) is 56.7 Å². The summed E-state index contributed by atoms with van der Waals surface area (Å²) in [6.45, 7) is 5.30. The van der Waals surface area contributed by atoms with Crippen molar-refractivity contribution in [2.45, 2.75) is 19.9 Å². The van der Waals surface area contributed by atoms with E-state index in [2.05, 4.69) is 10.1 Å². The minimum atomic E-state index is -3.54. The first-order chi connectivity index (χ1) is 7.47. The molecule has 0 aromatic heterocycles. The Kier molecular flexibility index (Phi) is 4.69. The molecule has 1 aliphatic heterocycles. The first-order valence-corrected chi connectivity index (χ1v) is 6.94. The van der Waals surface area contributed by atoms with Gasteiger partial charge in [0.15, 0.2) is 5.75 Å². The third-order valence-electron chi connectivity index (χ3n) is 2.40. The number of carbonyl (C=O) groups is 1. The number of sulfonamides is 1. The van der Waals surface area contributed by atoms with Gasteiger partial charge in [-0.05, 0) is 13.8 Å². The summed E-state index contributed by atoms with van der Waals surface area (Å²) < 4.78 is 29.8. The van der Waals surface area contributed by atoms with Crippen LogP contribution >= 0.6 is 0 Å². The molecule has 0 aromatic rings. The highest BCUT2D eigenvalue weighted by molar-refractivity contribution is 7.89. The van der Waals surface area contributed by atoms with Crippen LogP contribution in [-0.2, 0) is 19.6 Å². The maximum absolute atomic E-state index is 11.9. The second kappa shape index (κ2) is 5.60. The summed E-state index contributed by atoms with van der Waals surface area (Å²) in [5.74, 6) is -1.25. The molecule has 1 atom stereocenters. The van der Waals surface area contributed by atoms with Crippen molar-refractivity contribution < 1.29 is 17.9 Å². The Bertz CT molecular complexity index is 341. The summed E-state index contributed by atoms with van der Waals surface area (Å²) in [6, 6.07) is -0.117. The Labute approximate surface area is 96.0 Å². The molecule has 1 fully saturated rings. The molecule has 7 heteroatoms. The molecule has 0 unspecified atom stereocenters. The molecular weight excluding hydrogens is 232 g/mol. The number of hydrogen-bond acceptors (Lipinski definition) is 5. The molecule has 0 radical (unpaired) electrons. The average Bonchev–Trinajstić information content (AvgIpc) is 2.17. The van der Waals surface area contributed by atoms with Crippen LogP contribution in [0.15, 0.2) is 0 Å². The Morgan fingerprint density at radius 3 is 2.81 bits per heavy atom. The maximum atomic E-state index is 11.9. The van der Waals surface area contributed by atoms with E-state index >= 15 is 0 Å². The minimum absolute atomic E-state index is 0.117. The van der Waals surface area contributed by atoms with Gasteiger partial charge in [-0.1, -0.05) is 0 Å². The van der Waals surface area contributed by atoms with Crippen molar-refractivity contribution >= 4 is 16.0 Å². The van der Waals surface area contributed by atoms with E-state index in [1.807, 2.05) is 6.92 Å². The molecule has 0 amide bonds. The lowest BCUT2D eigenvalue weighted by Crippen LogP contribution is -2.53. The highest BCUT2D eigenvalue weighted by Gasteiger charge is 2.31. The van der Waals surface area contributed by atoms with Crippen molar-refractivity contribution in [3.63, 3.8) is 0 Å². The van der Waals surface area contributed by atoms with Crippen LogP contribution in [0.2, 0.25) is 0 Å². The van der Waals surface area contributed by atoms with Crippen LogP contribution < -0.4 is 5.32 Å². The quantitative estimate of drug-likeness (QED) is 0.659. The Balaban J connectivity index is 2.65. The predicted octanol–water partition coefficient (Wildman–Crippen LogP) is -0.827. The third kappa shape index (κ3) is 3.43. The van der Waals surface area contributed by atoms with E-state index < -0.39 is 21.7 Å². The van der Waals surface area contributed by atoms with Gasteiger partial charge < -0.3 is 10.1 Å². The molecule has 0 bridgehead atoms. The summed E-state index contributed by atoms with van der Waals surface area (Å²) in [7, 11) is -3.54. The first-order valence-electron chi connectivity index (χ1n) is 5.33. The second-order valence-electron chi connectivity index (χ2n) is 3.73. The zero-order valence-corrected chi connectivity index (χ0v) is 10.4. The fourth-order valence-electron chi connectivity index (χ4n) is 1.67. The maximum Gasteiger partial charge on any atom is 0.322 e. The Hall–Kier alpha value is -0.660. The van der Waals surface area contributed by atoms with Crippen molar-refractivity contribution in [2.24, 2.45) is 0 Å². The summed E-state index contributed by atoms with van der Waals surface area (Å²) in [5.41, 5.74) is 0. The van der Waals surface area contributed by atoms with Crippen LogP contribution in [0, 0.1) is 0 Å². The zero-order valence-electron chi connectivity index (χ0n) is 9.60. The number of piperazine rings is 1. The van der Waals surface area contributed by atoms with Crippen LogP contribution in [0.25, 0.3) is 0 Å². The van der Waals surface area contributed by atoms with Crippen molar-refractivity contribution in [3.8, 4) is 0 Å². The number of carbonyl (C=O) groups excluding carboxylic acids is 1. The standard InChI is InChI=1S/C9H18N2O4S/c1-3-15-9(12)7-16(13,14)11-5-4-10-6-8(11)2/h8,10H,3-7H2,1-2H3/t8-/m0/s1. The molecule has 0 spiro atoms. The van der Waals surface area contributed by atoms with E-state index in [1.165, 1.54) is 4.31 Å². The molecule has 0 saturated carbocycles. The van der Waals surface area contributed by atoms with Gasteiger partial charge in [0.25, 0.3) is 0 Å². The minimum Gasteiger partial charge on any atom is -0.465 e. The van der Waals surface area contributed by atoms with E-state index in [0.717, 1.165) is 0 Å². The highest BCUT2D eigenvalue weighted by atomic mass is 32.2. The number of rotatable bonds is 4. The van der Waals surface area contributed by atoms with Crippen molar-refractivity contribution in [1.82, 2.24) is 9.62 Å². The van der Waals surface area contributed by atoms with Gasteiger partial charge in [-0.25, -0.2) is 8.42 Å². The molecule has 94 valence electrons. The Morgan fingerprint density at radius 1 is 1.56 bits per heavy atom. The lowest BCUT2D eigenvalue weighted by atomic mass is 10.3. The van der Waals surface area contributed by atoms with E-state index in [-0.39, 0.29) is 12.6 Å². The lowest BCUT2D eigenvalue weighted by Gasteiger charge is -2.32. The number of ether oxygens (including phenoxy) is 1. The molecule has 1 heterocycles. The van der Waals surface area contributed by atoms with Gasteiger partial charge in [-0.3, -0.25) is 4.79 Å². The summed E-state index contributed by atoms with van der Waals surface area (Å²) in [5, 5.41) is 3.09. The van der Waals surface area contributed by atoms with Gasteiger partial charge in [-0.15, -0.1) is 0 Å². The number of esters is 1. The number of nitrogens with one attached hydrogen (secondary N) is 1. The molecule has 6 nitrogen and oxygen atoms in total. The predicted molar refractivity (Wildman–Crippen MR) is 59.5 cm³/mol. The molecule has 0 aromatic carbocycles. The molecule has 16 heavy (non-hydrogen) atoms. The highest BCUT2D eigenvalue weighted by Crippen LogP contribution is 2.10. The van der Waals surface area contributed by atoms with Crippen molar-refractivity contribution in [2.75, 3.05) is 32.0 Å². The van der Waals surface area contributed by atoms with Crippen LogP contribution in [0.1, 0.15) is 13.8 Å². The van der Waals surface area contributed by atoms with Crippen LogP contribution in [0.4, 0.5) is 0 Å². The fraction of sp³-hybridized carbons (Fsp3) is 0.889. The summed E-state index contributed by atoms with van der Waals surface area (Å²) >= 11 is 0. The van der Waals surface area contributed by atoms with Gasteiger partial charge >= 0.3 is 5.97 Å². The lowest BCUT2D eigenvalue weighted by molar-refractivity contribution is -0.140. The van der Waals surface area contributed by atoms with E-state index in [9.17, 15) is 13.2 Å². The van der Waals surface area contributed by atoms with Gasteiger partial charge in [-0.2, -0.15) is 4.31 Å². The van der Waals surface area contributed by atoms with E-state index in [1.54, 1.807) is 6.92 Å². The number of nitrogens with zero attached hydrogens (tertiary/aromatic N) is 1. The fourth-order valence-corrected chi connectivity index (χ4v) is 3.21. The molecule has 1 saturated heterocycles. The summed E-state index contributed by atoms with van der Waals surface area (Å²) in [4.78, 5) is 11.2. The van der Waals surface area contributed by atoms with Crippen molar-refractivity contribution in [1.29, 1.82) is 0 Å². The molecule has 0 aliphatic carbocycles. The zero-order chi connectivity index (χ0) is 12.2. The Morgan fingerprint density at radius 2 is 2.25 bits per heavy atom. The molecule has 1 N–H and O–H groups in total. The molecule has 1 aliphatic rings. The van der Waals surface area contributed by atoms with Crippen molar-refractivity contribution in [3.05, 3.63) is 0 Å². The SMILES string of the molecule is CCOC(=O)CS(=O)(=O)N1CCNC[C@@H]1C. The van der Waals surface area contributed by atoms with Gasteiger partial charge in [0.2, 0.25) is 10.0 Å². The average molecular weight is 250 g/mol. The largest absolute Gasteiger partial charge is 0.465 e. The summed E-state index contributed by atoms with van der Waals surface area (Å²) in [6.07, 6.45) is 0. The second-order valence-corrected chi connectivity index (χ2v) is 5.65. The van der Waals surface area contributed by atoms with Crippen LogP contribution in [0.5, 0.6) is 0 Å².